The average molecular weight is 299 g/mol. The lowest BCUT2D eigenvalue weighted by Crippen LogP contribution is -2.52. The van der Waals surface area contributed by atoms with Gasteiger partial charge < -0.3 is 10.4 Å². The minimum absolute atomic E-state index is 0.121. The van der Waals surface area contributed by atoms with Crippen molar-refractivity contribution in [1.82, 2.24) is 5.32 Å². The van der Waals surface area contributed by atoms with Gasteiger partial charge in [0.2, 0.25) is 0 Å². The number of hydrogen-bond acceptors (Lipinski definition) is 2. The van der Waals surface area contributed by atoms with Crippen LogP contribution in [0.5, 0.6) is 0 Å². The summed E-state index contributed by atoms with van der Waals surface area (Å²) in [6, 6.07) is 10.2. The van der Waals surface area contributed by atoms with Crippen molar-refractivity contribution in [3.05, 3.63) is 35.9 Å². The molecule has 120 valence electrons. The van der Waals surface area contributed by atoms with Gasteiger partial charge in [-0.3, -0.25) is 0 Å². The normalized spacial score (nSPS) is 38.9. The molecule has 2 atom stereocenters. The topological polar surface area (TPSA) is 32.3 Å². The van der Waals surface area contributed by atoms with Crippen molar-refractivity contribution in [2.45, 2.75) is 57.6 Å². The molecule has 1 aromatic carbocycles. The zero-order chi connectivity index (χ0) is 15.2. The van der Waals surface area contributed by atoms with Gasteiger partial charge >= 0.3 is 0 Å². The van der Waals surface area contributed by atoms with Gasteiger partial charge in [0.15, 0.2) is 0 Å². The van der Waals surface area contributed by atoms with Crippen LogP contribution >= 0.6 is 0 Å². The molecular formula is C20H29NO. The third kappa shape index (κ3) is 2.72. The van der Waals surface area contributed by atoms with Crippen LogP contribution < -0.4 is 5.32 Å². The van der Waals surface area contributed by atoms with Gasteiger partial charge in [0.05, 0.1) is 6.10 Å². The van der Waals surface area contributed by atoms with E-state index >= 15 is 0 Å². The molecule has 2 heteroatoms. The molecule has 0 aliphatic heterocycles. The van der Waals surface area contributed by atoms with E-state index < -0.39 is 6.10 Å². The number of aliphatic hydroxyl groups is 1. The minimum atomic E-state index is -0.407. The van der Waals surface area contributed by atoms with Crippen LogP contribution in [0, 0.1) is 23.2 Å². The van der Waals surface area contributed by atoms with Crippen LogP contribution in [0.1, 0.15) is 57.1 Å². The van der Waals surface area contributed by atoms with E-state index in [1.165, 1.54) is 38.5 Å². The van der Waals surface area contributed by atoms with Gasteiger partial charge in [0.25, 0.3) is 0 Å². The number of aliphatic hydroxyl groups excluding tert-OH is 1. The molecule has 5 rings (SSSR count). The fourth-order valence-corrected chi connectivity index (χ4v) is 5.93. The predicted octanol–water partition coefficient (Wildman–Crippen LogP) is 3.91. The van der Waals surface area contributed by atoms with Crippen molar-refractivity contribution in [3.8, 4) is 0 Å². The SMILES string of the molecule is C[C@@H](NCC12CC3CC(CC(C3)C1)C2)C(O)c1ccccc1. The van der Waals surface area contributed by atoms with Gasteiger partial charge in [-0.05, 0) is 74.2 Å². The number of nitrogens with one attached hydrogen (secondary N) is 1. The first-order chi connectivity index (χ1) is 10.6. The summed E-state index contributed by atoms with van der Waals surface area (Å²) in [5.41, 5.74) is 1.56. The Morgan fingerprint density at radius 1 is 1.05 bits per heavy atom. The summed E-state index contributed by atoms with van der Waals surface area (Å²) >= 11 is 0. The highest BCUT2D eigenvalue weighted by atomic mass is 16.3. The van der Waals surface area contributed by atoms with Gasteiger partial charge in [-0.1, -0.05) is 30.3 Å². The maximum Gasteiger partial charge on any atom is 0.0940 e. The standard InChI is InChI=1S/C20H29NO/c1-14(19(22)18-5-3-2-4-6-18)21-13-20-10-15-7-16(11-20)9-17(8-15)12-20/h2-6,14-17,19,21-22H,7-13H2,1H3/t14-,15?,16?,17?,19?,20?/m1/s1. The van der Waals surface area contributed by atoms with Crippen molar-refractivity contribution in [2.24, 2.45) is 23.2 Å². The van der Waals surface area contributed by atoms with E-state index in [9.17, 15) is 5.11 Å². The first kappa shape index (κ1) is 14.7. The third-order valence-electron chi connectivity index (χ3n) is 6.58. The van der Waals surface area contributed by atoms with Crippen molar-refractivity contribution in [1.29, 1.82) is 0 Å². The highest BCUT2D eigenvalue weighted by Crippen LogP contribution is 2.59. The van der Waals surface area contributed by atoms with Gasteiger partial charge in [0.1, 0.15) is 0 Å². The van der Waals surface area contributed by atoms with Crippen LogP contribution in [0.3, 0.4) is 0 Å². The van der Waals surface area contributed by atoms with Crippen molar-refractivity contribution >= 4 is 0 Å². The highest BCUT2D eigenvalue weighted by Gasteiger charge is 2.50. The van der Waals surface area contributed by atoms with Gasteiger partial charge in [0, 0.05) is 12.6 Å². The lowest BCUT2D eigenvalue weighted by atomic mass is 9.49. The number of rotatable bonds is 5. The van der Waals surface area contributed by atoms with Gasteiger partial charge in [-0.15, -0.1) is 0 Å². The second-order valence-electron chi connectivity index (χ2n) is 8.44. The summed E-state index contributed by atoms with van der Waals surface area (Å²) < 4.78 is 0. The molecular weight excluding hydrogens is 270 g/mol. The molecule has 0 aromatic heterocycles. The van der Waals surface area contributed by atoms with Gasteiger partial charge in [-0.2, -0.15) is 0 Å². The Hall–Kier alpha value is -0.860. The summed E-state index contributed by atoms with van der Waals surface area (Å²) in [7, 11) is 0. The summed E-state index contributed by atoms with van der Waals surface area (Å²) in [6.45, 7) is 3.22. The second-order valence-corrected chi connectivity index (χ2v) is 8.44. The van der Waals surface area contributed by atoms with E-state index in [0.717, 1.165) is 29.9 Å². The van der Waals surface area contributed by atoms with Crippen LogP contribution in [-0.4, -0.2) is 17.7 Å². The van der Waals surface area contributed by atoms with E-state index in [1.54, 1.807) is 0 Å². The van der Waals surface area contributed by atoms with Crippen LogP contribution in [0.25, 0.3) is 0 Å². The van der Waals surface area contributed by atoms with Gasteiger partial charge in [-0.25, -0.2) is 0 Å². The molecule has 2 nitrogen and oxygen atoms in total. The fraction of sp³-hybridized carbons (Fsp3) is 0.700. The van der Waals surface area contributed by atoms with Crippen molar-refractivity contribution in [3.63, 3.8) is 0 Å². The van der Waals surface area contributed by atoms with Crippen LogP contribution in [0.15, 0.2) is 30.3 Å². The Morgan fingerprint density at radius 3 is 2.14 bits per heavy atom. The molecule has 0 spiro atoms. The summed E-state index contributed by atoms with van der Waals surface area (Å²) in [5.74, 6) is 3.01. The van der Waals surface area contributed by atoms with Crippen LogP contribution in [0.2, 0.25) is 0 Å². The lowest BCUT2D eigenvalue weighted by Gasteiger charge is -2.57. The molecule has 0 radical (unpaired) electrons. The molecule has 1 unspecified atom stereocenters. The Labute approximate surface area is 134 Å². The zero-order valence-corrected chi connectivity index (χ0v) is 13.7. The first-order valence-corrected chi connectivity index (χ1v) is 9.10. The smallest absolute Gasteiger partial charge is 0.0940 e. The summed E-state index contributed by atoms with van der Waals surface area (Å²) in [5, 5.41) is 14.2. The Kier molecular flexibility index (Phi) is 3.78. The quantitative estimate of drug-likeness (QED) is 0.864. The molecule has 1 aromatic rings. The van der Waals surface area contributed by atoms with E-state index in [4.69, 9.17) is 0 Å². The Bertz CT molecular complexity index is 476. The van der Waals surface area contributed by atoms with Crippen molar-refractivity contribution in [2.75, 3.05) is 6.54 Å². The summed E-state index contributed by atoms with van der Waals surface area (Å²) in [6.07, 6.45) is 8.39. The molecule has 22 heavy (non-hydrogen) atoms. The third-order valence-corrected chi connectivity index (χ3v) is 6.58. The molecule has 0 heterocycles. The van der Waals surface area contributed by atoms with Crippen molar-refractivity contribution < 1.29 is 5.11 Å². The molecule has 4 aliphatic carbocycles. The van der Waals surface area contributed by atoms with E-state index in [1.807, 2.05) is 30.3 Å². The van der Waals surface area contributed by atoms with Crippen LogP contribution in [0.4, 0.5) is 0 Å². The number of benzene rings is 1. The molecule has 4 fully saturated rings. The monoisotopic (exact) mass is 299 g/mol. The van der Waals surface area contributed by atoms with E-state index in [2.05, 4.69) is 12.2 Å². The minimum Gasteiger partial charge on any atom is -0.387 e. The van der Waals surface area contributed by atoms with Crippen LogP contribution in [-0.2, 0) is 0 Å². The first-order valence-electron chi connectivity index (χ1n) is 9.10. The Balaban J connectivity index is 1.38. The second kappa shape index (κ2) is 5.65. The average Bonchev–Trinajstić information content (AvgIpc) is 2.51. The zero-order valence-electron chi connectivity index (χ0n) is 13.7. The molecule has 2 N–H and O–H groups in total. The summed E-state index contributed by atoms with van der Waals surface area (Å²) in [4.78, 5) is 0. The van der Waals surface area contributed by atoms with E-state index in [-0.39, 0.29) is 6.04 Å². The maximum absolute atomic E-state index is 10.5. The highest BCUT2D eigenvalue weighted by molar-refractivity contribution is 5.18. The largest absolute Gasteiger partial charge is 0.387 e. The molecule has 4 saturated carbocycles. The molecule has 4 bridgehead atoms. The predicted molar refractivity (Wildman–Crippen MR) is 89.5 cm³/mol. The lowest BCUT2D eigenvalue weighted by molar-refractivity contribution is -0.0541. The Morgan fingerprint density at radius 2 is 1.59 bits per heavy atom. The molecule has 0 amide bonds. The molecule has 4 aliphatic rings. The molecule has 0 saturated heterocycles. The number of hydrogen-bond donors (Lipinski definition) is 2. The van der Waals surface area contributed by atoms with E-state index in [0.29, 0.717) is 5.41 Å². The maximum atomic E-state index is 10.5. The fourth-order valence-electron chi connectivity index (χ4n) is 5.93.